The number of nitrogens with one attached hydrogen (secondary N) is 2. The number of nitrogens with zero attached hydrogens (tertiary/aromatic N) is 5. The van der Waals surface area contributed by atoms with Gasteiger partial charge in [0.25, 0.3) is 0 Å². The van der Waals surface area contributed by atoms with E-state index in [9.17, 15) is 4.39 Å². The molecular formula is C21H20FN7. The first-order valence-electron chi connectivity index (χ1n) is 9.26. The zero-order valence-corrected chi connectivity index (χ0v) is 15.9. The first-order valence-corrected chi connectivity index (χ1v) is 9.26. The van der Waals surface area contributed by atoms with Crippen molar-refractivity contribution >= 4 is 17.5 Å². The second-order valence-corrected chi connectivity index (χ2v) is 6.41. The lowest BCUT2D eigenvalue weighted by molar-refractivity contribution is 0.627. The zero-order chi connectivity index (χ0) is 20.1. The largest absolute Gasteiger partial charge is 0.366 e. The van der Waals surface area contributed by atoms with E-state index in [4.69, 9.17) is 0 Å². The van der Waals surface area contributed by atoms with Gasteiger partial charge in [0.15, 0.2) is 0 Å². The molecule has 3 aromatic heterocycles. The van der Waals surface area contributed by atoms with Crippen LogP contribution in [0, 0.1) is 5.82 Å². The predicted molar refractivity (Wildman–Crippen MR) is 110 cm³/mol. The van der Waals surface area contributed by atoms with Crippen molar-refractivity contribution in [3.8, 4) is 11.1 Å². The molecule has 1 aromatic carbocycles. The van der Waals surface area contributed by atoms with Gasteiger partial charge in [-0.15, -0.1) is 0 Å². The number of benzene rings is 1. The quantitative estimate of drug-likeness (QED) is 0.492. The van der Waals surface area contributed by atoms with Crippen molar-refractivity contribution in [1.82, 2.24) is 24.7 Å². The second-order valence-electron chi connectivity index (χ2n) is 6.41. The van der Waals surface area contributed by atoms with E-state index in [1.807, 2.05) is 36.1 Å². The van der Waals surface area contributed by atoms with E-state index in [-0.39, 0.29) is 5.82 Å². The van der Waals surface area contributed by atoms with Crippen molar-refractivity contribution < 1.29 is 4.39 Å². The molecule has 29 heavy (non-hydrogen) atoms. The molecule has 0 radical (unpaired) electrons. The highest BCUT2D eigenvalue weighted by atomic mass is 19.1. The summed E-state index contributed by atoms with van der Waals surface area (Å²) in [5, 5.41) is 10.8. The lowest BCUT2D eigenvalue weighted by atomic mass is 10.1. The lowest BCUT2D eigenvalue weighted by Gasteiger charge is -2.11. The number of halogens is 1. The Hall–Kier alpha value is -3.81. The fraction of sp³-hybridized carbons (Fsp3) is 0.143. The molecule has 8 heteroatoms. The van der Waals surface area contributed by atoms with Crippen LogP contribution in [0.4, 0.5) is 21.8 Å². The van der Waals surface area contributed by atoms with Gasteiger partial charge in [0, 0.05) is 37.2 Å². The summed E-state index contributed by atoms with van der Waals surface area (Å²) in [6.45, 7) is 3.36. The Bertz CT molecular complexity index is 1080. The van der Waals surface area contributed by atoms with Crippen molar-refractivity contribution in [1.29, 1.82) is 0 Å². The van der Waals surface area contributed by atoms with Crippen LogP contribution in [0.2, 0.25) is 0 Å². The van der Waals surface area contributed by atoms with E-state index in [1.165, 1.54) is 12.1 Å². The molecule has 4 rings (SSSR count). The molecule has 0 bridgehead atoms. The number of aromatic nitrogens is 5. The molecule has 0 unspecified atom stereocenters. The summed E-state index contributed by atoms with van der Waals surface area (Å²) >= 11 is 0. The molecule has 7 nitrogen and oxygen atoms in total. The van der Waals surface area contributed by atoms with Crippen molar-refractivity contribution in [3.05, 3.63) is 78.8 Å². The molecule has 0 saturated carbocycles. The maximum atomic E-state index is 13.1. The molecule has 0 aliphatic carbocycles. The Balaban J connectivity index is 1.62. The zero-order valence-electron chi connectivity index (χ0n) is 15.9. The smallest absolute Gasteiger partial charge is 0.150 e. The van der Waals surface area contributed by atoms with Gasteiger partial charge in [-0.1, -0.05) is 12.1 Å². The summed E-state index contributed by atoms with van der Waals surface area (Å²) in [6.07, 6.45) is 8.68. The number of aryl methyl sites for hydroxylation is 1. The normalized spacial score (nSPS) is 10.7. The highest BCUT2D eigenvalue weighted by Crippen LogP contribution is 2.26. The Morgan fingerprint density at radius 1 is 0.966 bits per heavy atom. The fourth-order valence-electron chi connectivity index (χ4n) is 2.83. The van der Waals surface area contributed by atoms with Gasteiger partial charge in [-0.25, -0.2) is 14.4 Å². The number of anilines is 3. The van der Waals surface area contributed by atoms with E-state index in [0.717, 1.165) is 23.2 Å². The van der Waals surface area contributed by atoms with E-state index in [1.54, 1.807) is 30.7 Å². The first kappa shape index (κ1) is 18.5. The van der Waals surface area contributed by atoms with Crippen LogP contribution in [0.3, 0.4) is 0 Å². The minimum absolute atomic E-state index is 0.253. The van der Waals surface area contributed by atoms with Gasteiger partial charge in [-0.2, -0.15) is 5.10 Å². The van der Waals surface area contributed by atoms with Crippen LogP contribution in [0.1, 0.15) is 12.5 Å². The predicted octanol–water partition coefficient (Wildman–Crippen LogP) is 4.25. The third kappa shape index (κ3) is 4.73. The number of rotatable bonds is 7. The maximum Gasteiger partial charge on any atom is 0.150 e. The van der Waals surface area contributed by atoms with Crippen molar-refractivity contribution in [2.24, 2.45) is 0 Å². The lowest BCUT2D eigenvalue weighted by Crippen LogP contribution is -2.04. The minimum atomic E-state index is -0.253. The van der Waals surface area contributed by atoms with Crippen LogP contribution in [-0.2, 0) is 13.1 Å². The average Bonchev–Trinajstić information content (AvgIpc) is 3.23. The summed E-state index contributed by atoms with van der Waals surface area (Å²) in [4.78, 5) is 12.9. The first-order chi connectivity index (χ1) is 14.2. The second kappa shape index (κ2) is 8.47. The third-order valence-electron chi connectivity index (χ3n) is 4.32. The van der Waals surface area contributed by atoms with Gasteiger partial charge in [-0.05, 0) is 42.3 Å². The van der Waals surface area contributed by atoms with E-state index < -0.39 is 0 Å². The molecule has 0 aliphatic heterocycles. The number of hydrogen-bond acceptors (Lipinski definition) is 6. The van der Waals surface area contributed by atoms with Crippen LogP contribution in [-0.4, -0.2) is 24.7 Å². The monoisotopic (exact) mass is 389 g/mol. The third-order valence-corrected chi connectivity index (χ3v) is 4.32. The fourth-order valence-corrected chi connectivity index (χ4v) is 2.83. The van der Waals surface area contributed by atoms with Gasteiger partial charge in [0.05, 0.1) is 12.4 Å². The van der Waals surface area contributed by atoms with E-state index in [2.05, 4.69) is 30.7 Å². The SMILES string of the molecule is CCn1cc(-c2cc(NCc3ccc(F)cc3)nc(Nc3cnccn3)c2)cn1. The molecule has 2 N–H and O–H groups in total. The maximum absolute atomic E-state index is 13.1. The van der Waals surface area contributed by atoms with Crippen LogP contribution >= 0.6 is 0 Å². The van der Waals surface area contributed by atoms with Crippen LogP contribution in [0.5, 0.6) is 0 Å². The summed E-state index contributed by atoms with van der Waals surface area (Å²) < 4.78 is 15.0. The Morgan fingerprint density at radius 2 is 1.79 bits per heavy atom. The van der Waals surface area contributed by atoms with Gasteiger partial charge in [0.2, 0.25) is 0 Å². The molecule has 0 aliphatic rings. The molecule has 146 valence electrons. The summed E-state index contributed by atoms with van der Waals surface area (Å²) in [5.74, 6) is 1.67. The molecule has 3 heterocycles. The van der Waals surface area contributed by atoms with Crippen molar-refractivity contribution in [3.63, 3.8) is 0 Å². The van der Waals surface area contributed by atoms with Gasteiger partial charge < -0.3 is 10.6 Å². The molecular weight excluding hydrogens is 369 g/mol. The number of hydrogen-bond donors (Lipinski definition) is 2. The minimum Gasteiger partial charge on any atom is -0.366 e. The Kier molecular flexibility index (Phi) is 5.42. The Labute approximate surface area is 167 Å². The van der Waals surface area contributed by atoms with Gasteiger partial charge in [0.1, 0.15) is 23.3 Å². The highest BCUT2D eigenvalue weighted by Gasteiger charge is 2.08. The Morgan fingerprint density at radius 3 is 2.52 bits per heavy atom. The average molecular weight is 389 g/mol. The molecule has 4 aromatic rings. The van der Waals surface area contributed by atoms with Crippen molar-refractivity contribution in [2.75, 3.05) is 10.6 Å². The van der Waals surface area contributed by atoms with Gasteiger partial charge in [-0.3, -0.25) is 9.67 Å². The molecule has 0 fully saturated rings. The van der Waals surface area contributed by atoms with Crippen LogP contribution in [0.15, 0.2) is 67.4 Å². The number of pyridine rings is 1. The molecule has 0 spiro atoms. The van der Waals surface area contributed by atoms with Crippen LogP contribution in [0.25, 0.3) is 11.1 Å². The van der Waals surface area contributed by atoms with Gasteiger partial charge >= 0.3 is 0 Å². The molecule has 0 atom stereocenters. The topological polar surface area (TPSA) is 80.5 Å². The summed E-state index contributed by atoms with van der Waals surface area (Å²) in [7, 11) is 0. The van der Waals surface area contributed by atoms with E-state index in [0.29, 0.717) is 24.0 Å². The van der Waals surface area contributed by atoms with E-state index >= 15 is 0 Å². The molecule has 0 amide bonds. The van der Waals surface area contributed by atoms with Crippen molar-refractivity contribution in [2.45, 2.75) is 20.0 Å². The molecule has 0 saturated heterocycles. The highest BCUT2D eigenvalue weighted by molar-refractivity contribution is 5.70. The standard InChI is InChI=1S/C21H20FN7/c1-2-29-14-17(12-26-29)16-9-19(25-11-15-3-5-18(22)6-4-15)27-20(10-16)28-21-13-23-7-8-24-21/h3-10,12-14H,2,11H2,1H3,(H2,24,25,27,28). The summed E-state index contributed by atoms with van der Waals surface area (Å²) in [6, 6.07) is 10.3. The summed E-state index contributed by atoms with van der Waals surface area (Å²) in [5.41, 5.74) is 2.91. The van der Waals surface area contributed by atoms with Crippen LogP contribution < -0.4 is 10.6 Å².